The quantitative estimate of drug-likeness (QED) is 0.569. The van der Waals surface area contributed by atoms with Gasteiger partial charge in [-0.25, -0.2) is 4.79 Å². The minimum absolute atomic E-state index is 0.0377. The summed E-state index contributed by atoms with van der Waals surface area (Å²) in [6.07, 6.45) is 0.244. The van der Waals surface area contributed by atoms with Crippen LogP contribution >= 0.6 is 0 Å². The molecule has 1 aliphatic heterocycles. The Hall–Kier alpha value is -1.84. The Morgan fingerprint density at radius 2 is 2.12 bits per heavy atom. The van der Waals surface area contributed by atoms with Crippen LogP contribution < -0.4 is 4.90 Å². The minimum Gasteiger partial charge on any atom is -0.464 e. The van der Waals surface area contributed by atoms with Crippen LogP contribution in [0.2, 0.25) is 0 Å². The molecule has 2 rings (SSSR count). The standard InChI is InChI=1S/C12H13NO3/c1-2-16-12(15)10-8-11(14)13(10)9-6-4-3-5-7-9/h3-7,10H,2,8H2,1H3. The Kier molecular flexibility index (Phi) is 2.90. The third-order valence-corrected chi connectivity index (χ3v) is 2.54. The zero-order valence-electron chi connectivity index (χ0n) is 9.05. The van der Waals surface area contributed by atoms with Gasteiger partial charge >= 0.3 is 5.97 Å². The van der Waals surface area contributed by atoms with E-state index < -0.39 is 6.04 Å². The van der Waals surface area contributed by atoms with Crippen LogP contribution in [0.5, 0.6) is 0 Å². The van der Waals surface area contributed by atoms with Gasteiger partial charge in [0.15, 0.2) is 0 Å². The van der Waals surface area contributed by atoms with Crippen molar-refractivity contribution in [3.05, 3.63) is 30.3 Å². The van der Waals surface area contributed by atoms with E-state index in [2.05, 4.69) is 0 Å². The van der Waals surface area contributed by atoms with Crippen LogP contribution in [0.15, 0.2) is 30.3 Å². The first-order valence-electron chi connectivity index (χ1n) is 5.27. The van der Waals surface area contributed by atoms with Gasteiger partial charge in [0, 0.05) is 5.69 Å². The summed E-state index contributed by atoms with van der Waals surface area (Å²) in [5.41, 5.74) is 0.747. The fraction of sp³-hybridized carbons (Fsp3) is 0.333. The van der Waals surface area contributed by atoms with Gasteiger partial charge in [0.05, 0.1) is 13.0 Å². The zero-order valence-corrected chi connectivity index (χ0v) is 9.05. The number of carbonyl (C=O) groups excluding carboxylic acids is 2. The van der Waals surface area contributed by atoms with Crippen molar-refractivity contribution in [2.45, 2.75) is 19.4 Å². The number of esters is 1. The lowest BCUT2D eigenvalue weighted by Gasteiger charge is -2.38. The second kappa shape index (κ2) is 4.35. The number of hydrogen-bond acceptors (Lipinski definition) is 3. The Labute approximate surface area is 93.8 Å². The smallest absolute Gasteiger partial charge is 0.329 e. The van der Waals surface area contributed by atoms with Crippen LogP contribution in [0.25, 0.3) is 0 Å². The molecule has 0 aliphatic carbocycles. The number of anilines is 1. The molecule has 16 heavy (non-hydrogen) atoms. The molecule has 0 saturated carbocycles. The van der Waals surface area contributed by atoms with E-state index in [1.807, 2.05) is 30.3 Å². The topological polar surface area (TPSA) is 46.6 Å². The van der Waals surface area contributed by atoms with Crippen LogP contribution in [0.1, 0.15) is 13.3 Å². The average Bonchev–Trinajstić information content (AvgIpc) is 2.27. The molecule has 1 atom stereocenters. The summed E-state index contributed by atoms with van der Waals surface area (Å²) in [5, 5.41) is 0. The maximum Gasteiger partial charge on any atom is 0.329 e. The molecule has 1 heterocycles. The van der Waals surface area contributed by atoms with Gasteiger partial charge in [-0.2, -0.15) is 0 Å². The molecule has 1 aliphatic rings. The summed E-state index contributed by atoms with van der Waals surface area (Å²) in [7, 11) is 0. The van der Waals surface area contributed by atoms with E-state index in [-0.39, 0.29) is 18.3 Å². The molecule has 1 aromatic carbocycles. The van der Waals surface area contributed by atoms with Crippen molar-refractivity contribution in [1.29, 1.82) is 0 Å². The number of para-hydroxylation sites is 1. The molecule has 1 fully saturated rings. The van der Waals surface area contributed by atoms with Gasteiger partial charge in [0.25, 0.3) is 0 Å². The Bertz CT molecular complexity index is 402. The first-order chi connectivity index (χ1) is 7.74. The summed E-state index contributed by atoms with van der Waals surface area (Å²) in [4.78, 5) is 24.5. The Morgan fingerprint density at radius 1 is 1.44 bits per heavy atom. The highest BCUT2D eigenvalue weighted by molar-refractivity contribution is 6.08. The highest BCUT2D eigenvalue weighted by Gasteiger charge is 2.43. The number of amides is 1. The number of benzene rings is 1. The summed E-state index contributed by atoms with van der Waals surface area (Å²) in [6, 6.07) is 8.71. The first kappa shape index (κ1) is 10.7. The second-order valence-corrected chi connectivity index (χ2v) is 3.57. The molecule has 0 aromatic heterocycles. The van der Waals surface area contributed by atoms with Crippen molar-refractivity contribution >= 4 is 17.6 Å². The second-order valence-electron chi connectivity index (χ2n) is 3.57. The lowest BCUT2D eigenvalue weighted by molar-refractivity contribution is -0.150. The van der Waals surface area contributed by atoms with Crippen molar-refractivity contribution in [3.63, 3.8) is 0 Å². The van der Waals surface area contributed by atoms with Gasteiger partial charge in [-0.3, -0.25) is 9.69 Å². The van der Waals surface area contributed by atoms with Gasteiger partial charge < -0.3 is 4.74 Å². The minimum atomic E-state index is -0.449. The van der Waals surface area contributed by atoms with E-state index in [0.717, 1.165) is 5.69 Å². The van der Waals surface area contributed by atoms with Crippen LogP contribution in [-0.2, 0) is 14.3 Å². The summed E-state index contributed by atoms with van der Waals surface area (Å²) in [6.45, 7) is 2.09. The van der Waals surface area contributed by atoms with Gasteiger partial charge in [-0.15, -0.1) is 0 Å². The number of ether oxygens (including phenoxy) is 1. The fourth-order valence-electron chi connectivity index (χ4n) is 1.76. The van der Waals surface area contributed by atoms with Gasteiger partial charge in [-0.05, 0) is 19.1 Å². The average molecular weight is 219 g/mol. The van der Waals surface area contributed by atoms with E-state index in [4.69, 9.17) is 4.74 Å². The van der Waals surface area contributed by atoms with Crippen molar-refractivity contribution in [2.24, 2.45) is 0 Å². The third-order valence-electron chi connectivity index (χ3n) is 2.54. The molecule has 4 heteroatoms. The highest BCUT2D eigenvalue weighted by atomic mass is 16.5. The van der Waals surface area contributed by atoms with Crippen molar-refractivity contribution in [2.75, 3.05) is 11.5 Å². The predicted octanol–water partition coefficient (Wildman–Crippen LogP) is 1.35. The van der Waals surface area contributed by atoms with E-state index in [0.29, 0.717) is 6.61 Å². The van der Waals surface area contributed by atoms with Gasteiger partial charge in [0.1, 0.15) is 6.04 Å². The number of rotatable bonds is 3. The molecule has 1 aromatic rings. The molecular weight excluding hydrogens is 206 g/mol. The third kappa shape index (κ3) is 1.78. The monoisotopic (exact) mass is 219 g/mol. The van der Waals surface area contributed by atoms with Crippen LogP contribution in [0, 0.1) is 0 Å². The van der Waals surface area contributed by atoms with E-state index >= 15 is 0 Å². The first-order valence-corrected chi connectivity index (χ1v) is 5.27. The molecular formula is C12H13NO3. The SMILES string of the molecule is CCOC(=O)C1CC(=O)N1c1ccccc1. The van der Waals surface area contributed by atoms with Crippen molar-refractivity contribution in [1.82, 2.24) is 0 Å². The van der Waals surface area contributed by atoms with E-state index in [1.165, 1.54) is 4.90 Å². The lowest BCUT2D eigenvalue weighted by atomic mass is 10.0. The maximum absolute atomic E-state index is 11.5. The summed E-state index contributed by atoms with van der Waals surface area (Å²) < 4.78 is 4.91. The Balaban J connectivity index is 2.14. The van der Waals surface area contributed by atoms with Crippen molar-refractivity contribution in [3.8, 4) is 0 Å². The normalized spacial score (nSPS) is 19.2. The molecule has 84 valence electrons. The van der Waals surface area contributed by atoms with Crippen LogP contribution in [-0.4, -0.2) is 24.5 Å². The number of nitrogens with zero attached hydrogens (tertiary/aromatic N) is 1. The van der Waals surface area contributed by atoms with E-state index in [1.54, 1.807) is 6.92 Å². The van der Waals surface area contributed by atoms with Crippen LogP contribution in [0.4, 0.5) is 5.69 Å². The number of hydrogen-bond donors (Lipinski definition) is 0. The Morgan fingerprint density at radius 3 is 2.69 bits per heavy atom. The van der Waals surface area contributed by atoms with Gasteiger partial charge in [-0.1, -0.05) is 18.2 Å². The largest absolute Gasteiger partial charge is 0.464 e. The molecule has 0 spiro atoms. The summed E-state index contributed by atoms with van der Waals surface area (Å²) >= 11 is 0. The molecule has 1 amide bonds. The molecule has 1 saturated heterocycles. The molecule has 4 nitrogen and oxygen atoms in total. The zero-order chi connectivity index (χ0) is 11.5. The highest BCUT2D eigenvalue weighted by Crippen LogP contribution is 2.28. The van der Waals surface area contributed by atoms with Crippen molar-refractivity contribution < 1.29 is 14.3 Å². The number of β-lactam (4-membered cyclic amide) rings is 1. The number of carbonyl (C=O) groups is 2. The molecule has 0 bridgehead atoms. The molecule has 0 radical (unpaired) electrons. The fourth-order valence-corrected chi connectivity index (χ4v) is 1.76. The maximum atomic E-state index is 11.5. The molecule has 1 unspecified atom stereocenters. The predicted molar refractivity (Wildman–Crippen MR) is 59.0 cm³/mol. The van der Waals surface area contributed by atoms with Crippen LogP contribution in [0.3, 0.4) is 0 Å². The van der Waals surface area contributed by atoms with E-state index in [9.17, 15) is 9.59 Å². The molecule has 0 N–H and O–H groups in total. The lowest BCUT2D eigenvalue weighted by Crippen LogP contribution is -2.57. The van der Waals surface area contributed by atoms with Gasteiger partial charge in [0.2, 0.25) is 5.91 Å². The summed E-state index contributed by atoms with van der Waals surface area (Å²) in [5.74, 6) is -0.366.